The standard InChI is InChI=1S/C26H38N2O4S/c1-5-7-13-26(6-2)18-33(30,31)23-12-11-20(28(3)4)17-22(23)24(25(26)29)19-9-8-10-21(16-19)32-15-14-27/h8-12,16-17,24-25,29H,5-7,13-15,18,27H2,1-4H3/t24-,25-,26-/m1/s1. The lowest BCUT2D eigenvalue weighted by Gasteiger charge is -2.39. The van der Waals surface area contributed by atoms with Crippen molar-refractivity contribution in [1.29, 1.82) is 0 Å². The van der Waals surface area contributed by atoms with Gasteiger partial charge in [-0.05, 0) is 54.3 Å². The average Bonchev–Trinajstić information content (AvgIpc) is 2.87. The van der Waals surface area contributed by atoms with Crippen LogP contribution in [0.25, 0.3) is 0 Å². The fourth-order valence-corrected chi connectivity index (χ4v) is 7.23. The van der Waals surface area contributed by atoms with Gasteiger partial charge in [-0.2, -0.15) is 0 Å². The molecule has 1 heterocycles. The summed E-state index contributed by atoms with van der Waals surface area (Å²) in [5, 5.41) is 12.0. The monoisotopic (exact) mass is 474 g/mol. The van der Waals surface area contributed by atoms with E-state index in [1.165, 1.54) is 0 Å². The molecule has 2 aromatic rings. The second kappa shape index (κ2) is 10.5. The van der Waals surface area contributed by atoms with Crippen molar-refractivity contribution < 1.29 is 18.3 Å². The minimum Gasteiger partial charge on any atom is -0.492 e. The molecule has 0 radical (unpaired) electrons. The minimum atomic E-state index is -3.60. The largest absolute Gasteiger partial charge is 0.492 e. The minimum absolute atomic E-state index is 0.0498. The highest BCUT2D eigenvalue weighted by molar-refractivity contribution is 7.91. The first-order chi connectivity index (χ1) is 15.7. The van der Waals surface area contributed by atoms with Crippen molar-refractivity contribution in [3.05, 3.63) is 53.6 Å². The highest BCUT2D eigenvalue weighted by Crippen LogP contribution is 2.49. The quantitative estimate of drug-likeness (QED) is 0.572. The summed E-state index contributed by atoms with van der Waals surface area (Å²) in [6.45, 7) is 4.88. The second-order valence-electron chi connectivity index (χ2n) is 9.33. The molecule has 33 heavy (non-hydrogen) atoms. The number of benzene rings is 2. The van der Waals surface area contributed by atoms with Gasteiger partial charge in [-0.1, -0.05) is 38.8 Å². The number of nitrogens with zero attached hydrogens (tertiary/aromatic N) is 1. The van der Waals surface area contributed by atoms with Crippen LogP contribution in [0.5, 0.6) is 5.75 Å². The number of unbranched alkanes of at least 4 members (excludes halogenated alkanes) is 1. The molecule has 0 saturated carbocycles. The topological polar surface area (TPSA) is 92.9 Å². The molecule has 0 aromatic heterocycles. The van der Waals surface area contributed by atoms with E-state index in [-0.39, 0.29) is 5.75 Å². The Labute approximate surface area is 198 Å². The van der Waals surface area contributed by atoms with Crippen LogP contribution in [0.15, 0.2) is 47.4 Å². The highest BCUT2D eigenvalue weighted by Gasteiger charge is 2.49. The number of hydrogen-bond donors (Lipinski definition) is 2. The molecule has 0 unspecified atom stereocenters. The van der Waals surface area contributed by atoms with E-state index in [1.54, 1.807) is 6.07 Å². The summed E-state index contributed by atoms with van der Waals surface area (Å²) in [6, 6.07) is 13.1. The van der Waals surface area contributed by atoms with Gasteiger partial charge in [0.1, 0.15) is 12.4 Å². The third-order valence-electron chi connectivity index (χ3n) is 6.94. The number of aliphatic hydroxyl groups excluding tert-OH is 1. The van der Waals surface area contributed by atoms with E-state index in [0.29, 0.717) is 42.2 Å². The van der Waals surface area contributed by atoms with Gasteiger partial charge in [0.2, 0.25) is 0 Å². The maximum atomic E-state index is 13.7. The highest BCUT2D eigenvalue weighted by atomic mass is 32.2. The second-order valence-corrected chi connectivity index (χ2v) is 11.3. The Kier molecular flexibility index (Phi) is 8.08. The molecule has 6 nitrogen and oxygen atoms in total. The number of hydrogen-bond acceptors (Lipinski definition) is 6. The molecular formula is C26H38N2O4S. The Hall–Kier alpha value is -2.09. The van der Waals surface area contributed by atoms with Crippen molar-refractivity contribution in [3.63, 3.8) is 0 Å². The molecule has 3 atom stereocenters. The zero-order valence-electron chi connectivity index (χ0n) is 20.3. The van der Waals surface area contributed by atoms with E-state index in [0.717, 1.165) is 24.1 Å². The van der Waals surface area contributed by atoms with Crippen molar-refractivity contribution >= 4 is 15.5 Å². The van der Waals surface area contributed by atoms with E-state index in [1.807, 2.05) is 62.3 Å². The van der Waals surface area contributed by atoms with Gasteiger partial charge in [-0.15, -0.1) is 0 Å². The van der Waals surface area contributed by atoms with Crippen molar-refractivity contribution in [1.82, 2.24) is 0 Å². The van der Waals surface area contributed by atoms with Crippen molar-refractivity contribution in [2.24, 2.45) is 11.1 Å². The normalized spacial score (nSPS) is 24.1. The number of aliphatic hydroxyl groups is 1. The van der Waals surface area contributed by atoms with Crippen LogP contribution in [0.4, 0.5) is 5.69 Å². The molecule has 0 bridgehead atoms. The van der Waals surface area contributed by atoms with E-state index >= 15 is 0 Å². The van der Waals surface area contributed by atoms with Gasteiger partial charge < -0.3 is 20.5 Å². The summed E-state index contributed by atoms with van der Waals surface area (Å²) in [4.78, 5) is 2.27. The maximum Gasteiger partial charge on any atom is 0.179 e. The first kappa shape index (κ1) is 25.5. The zero-order chi connectivity index (χ0) is 24.2. The predicted octanol–water partition coefficient (Wildman–Crippen LogP) is 3.96. The number of sulfone groups is 1. The van der Waals surface area contributed by atoms with Gasteiger partial charge in [-0.25, -0.2) is 8.42 Å². The fourth-order valence-electron chi connectivity index (χ4n) is 4.98. The average molecular weight is 475 g/mol. The van der Waals surface area contributed by atoms with Crippen LogP contribution in [-0.2, 0) is 9.84 Å². The fraction of sp³-hybridized carbons (Fsp3) is 0.538. The molecule has 2 aromatic carbocycles. The van der Waals surface area contributed by atoms with Gasteiger partial charge in [0, 0.05) is 37.7 Å². The third-order valence-corrected chi connectivity index (χ3v) is 8.93. The van der Waals surface area contributed by atoms with E-state index < -0.39 is 27.3 Å². The van der Waals surface area contributed by atoms with E-state index in [2.05, 4.69) is 6.92 Å². The van der Waals surface area contributed by atoms with Crippen LogP contribution < -0.4 is 15.4 Å². The summed E-state index contributed by atoms with van der Waals surface area (Å²) in [6.07, 6.45) is 2.20. The lowest BCUT2D eigenvalue weighted by atomic mass is 9.69. The summed E-state index contributed by atoms with van der Waals surface area (Å²) in [7, 11) is 0.260. The van der Waals surface area contributed by atoms with Gasteiger partial charge in [0.25, 0.3) is 0 Å². The number of ether oxygens (including phenoxy) is 1. The summed E-state index contributed by atoms with van der Waals surface area (Å²) >= 11 is 0. The lowest BCUT2D eigenvalue weighted by molar-refractivity contribution is 0.0174. The molecule has 1 aliphatic heterocycles. The Balaban J connectivity index is 2.27. The van der Waals surface area contributed by atoms with Crippen molar-refractivity contribution in [2.45, 2.75) is 56.4 Å². The Morgan fingerprint density at radius 1 is 1.18 bits per heavy atom. The van der Waals surface area contributed by atoms with Gasteiger partial charge in [0.15, 0.2) is 9.84 Å². The molecule has 182 valence electrons. The van der Waals surface area contributed by atoms with Crippen LogP contribution in [0, 0.1) is 5.41 Å². The molecule has 0 fully saturated rings. The Morgan fingerprint density at radius 2 is 1.94 bits per heavy atom. The third kappa shape index (κ3) is 5.20. The molecule has 0 spiro atoms. The first-order valence-electron chi connectivity index (χ1n) is 11.8. The molecule has 0 amide bonds. The van der Waals surface area contributed by atoms with Gasteiger partial charge >= 0.3 is 0 Å². The molecular weight excluding hydrogens is 436 g/mol. The number of nitrogens with two attached hydrogens (primary N) is 1. The smallest absolute Gasteiger partial charge is 0.179 e. The lowest BCUT2D eigenvalue weighted by Crippen LogP contribution is -2.42. The van der Waals surface area contributed by atoms with Gasteiger partial charge in [0.05, 0.1) is 16.8 Å². The maximum absolute atomic E-state index is 13.7. The van der Waals surface area contributed by atoms with Crippen molar-refractivity contribution in [2.75, 3.05) is 37.9 Å². The number of rotatable bonds is 9. The Morgan fingerprint density at radius 3 is 2.58 bits per heavy atom. The number of fused-ring (bicyclic) bond motifs is 1. The van der Waals surface area contributed by atoms with Crippen LogP contribution >= 0.6 is 0 Å². The molecule has 7 heteroatoms. The molecule has 3 N–H and O–H groups in total. The van der Waals surface area contributed by atoms with E-state index in [9.17, 15) is 13.5 Å². The predicted molar refractivity (Wildman–Crippen MR) is 134 cm³/mol. The van der Waals surface area contributed by atoms with Gasteiger partial charge in [-0.3, -0.25) is 0 Å². The molecule has 0 aliphatic carbocycles. The van der Waals surface area contributed by atoms with Crippen LogP contribution in [-0.4, -0.2) is 52.6 Å². The van der Waals surface area contributed by atoms with Crippen LogP contribution in [0.1, 0.15) is 56.6 Å². The van der Waals surface area contributed by atoms with Crippen LogP contribution in [0.3, 0.4) is 0 Å². The number of anilines is 1. The zero-order valence-corrected chi connectivity index (χ0v) is 21.1. The van der Waals surface area contributed by atoms with Crippen molar-refractivity contribution in [3.8, 4) is 5.75 Å². The van der Waals surface area contributed by atoms with E-state index in [4.69, 9.17) is 10.5 Å². The van der Waals surface area contributed by atoms with Crippen LogP contribution in [0.2, 0.25) is 0 Å². The summed E-state index contributed by atoms with van der Waals surface area (Å²) in [5.74, 6) is 0.125. The molecule has 3 rings (SSSR count). The summed E-state index contributed by atoms with van der Waals surface area (Å²) in [5.41, 5.74) is 7.27. The SMILES string of the molecule is CCCC[C@]1(CC)CS(=O)(=O)c2ccc(N(C)C)cc2[C@@H](c2cccc(OCCN)c2)[C@H]1O. The molecule has 0 saturated heterocycles. The molecule has 1 aliphatic rings. The first-order valence-corrected chi connectivity index (χ1v) is 13.5. The summed E-state index contributed by atoms with van der Waals surface area (Å²) < 4.78 is 33.1. The Bertz CT molecular complexity index is 1050.